The zero-order valence-electron chi connectivity index (χ0n) is 12.6. The van der Waals surface area contributed by atoms with Crippen molar-refractivity contribution in [1.82, 2.24) is 4.90 Å². The topological polar surface area (TPSA) is 26.7 Å². The number of rotatable bonds is 4. The van der Waals surface area contributed by atoms with E-state index in [2.05, 4.69) is 45.8 Å². The number of aliphatic hydroxyl groups is 1. The van der Waals surface area contributed by atoms with Crippen LogP contribution in [0, 0.1) is 0 Å². The number of hydrogen-bond acceptors (Lipinski definition) is 3. The number of piperidine rings is 1. The van der Waals surface area contributed by atoms with Crippen LogP contribution in [-0.4, -0.2) is 42.7 Å². The van der Waals surface area contributed by atoms with E-state index in [-0.39, 0.29) is 0 Å². The van der Waals surface area contributed by atoms with Crippen molar-refractivity contribution in [3.8, 4) is 0 Å². The van der Waals surface area contributed by atoms with E-state index in [0.29, 0.717) is 6.04 Å². The van der Waals surface area contributed by atoms with E-state index in [1.54, 1.807) is 6.92 Å². The normalized spacial score (nSPS) is 19.1. The van der Waals surface area contributed by atoms with Crippen molar-refractivity contribution in [2.24, 2.45) is 0 Å². The fourth-order valence-electron chi connectivity index (χ4n) is 2.89. The van der Waals surface area contributed by atoms with Gasteiger partial charge in [-0.3, -0.25) is 0 Å². The van der Waals surface area contributed by atoms with Crippen molar-refractivity contribution in [3.63, 3.8) is 0 Å². The van der Waals surface area contributed by atoms with E-state index in [9.17, 15) is 5.11 Å². The molecular weight excluding hydrogens is 316 g/mol. The zero-order chi connectivity index (χ0) is 14.7. The summed E-state index contributed by atoms with van der Waals surface area (Å²) in [5.74, 6) is 0. The lowest BCUT2D eigenvalue weighted by Gasteiger charge is -2.38. The minimum atomic E-state index is -0.418. The molecule has 1 aliphatic rings. The molecule has 0 saturated carbocycles. The molecule has 1 aromatic rings. The third kappa shape index (κ3) is 3.54. The van der Waals surface area contributed by atoms with Crippen LogP contribution in [0.15, 0.2) is 22.7 Å². The third-order valence-corrected chi connectivity index (χ3v) is 5.02. The summed E-state index contributed by atoms with van der Waals surface area (Å²) in [5.41, 5.74) is 2.17. The van der Waals surface area contributed by atoms with Gasteiger partial charge in [-0.15, -0.1) is 0 Å². The highest BCUT2D eigenvalue weighted by Gasteiger charge is 2.23. The van der Waals surface area contributed by atoms with Gasteiger partial charge in [0.1, 0.15) is 0 Å². The lowest BCUT2D eigenvalue weighted by Crippen LogP contribution is -2.43. The second kappa shape index (κ2) is 6.92. The lowest BCUT2D eigenvalue weighted by molar-refractivity contribution is 0.199. The number of benzene rings is 1. The molecule has 1 fully saturated rings. The number of nitrogens with zero attached hydrogens (tertiary/aromatic N) is 2. The fraction of sp³-hybridized carbons (Fsp3) is 0.625. The van der Waals surface area contributed by atoms with E-state index >= 15 is 0 Å². The van der Waals surface area contributed by atoms with Crippen LogP contribution in [0.2, 0.25) is 0 Å². The van der Waals surface area contributed by atoms with Gasteiger partial charge in [0.2, 0.25) is 0 Å². The monoisotopic (exact) mass is 340 g/mol. The molecule has 1 N–H and O–H groups in total. The highest BCUT2D eigenvalue weighted by molar-refractivity contribution is 9.10. The van der Waals surface area contributed by atoms with Gasteiger partial charge in [-0.2, -0.15) is 0 Å². The Morgan fingerprint density at radius 3 is 2.55 bits per heavy atom. The Balaban J connectivity index is 2.07. The zero-order valence-corrected chi connectivity index (χ0v) is 14.2. The summed E-state index contributed by atoms with van der Waals surface area (Å²) in [5, 5.41) is 9.64. The summed E-state index contributed by atoms with van der Waals surface area (Å²) in [4.78, 5) is 4.89. The molecule has 4 heteroatoms. The Labute approximate surface area is 130 Å². The van der Waals surface area contributed by atoms with Crippen LogP contribution in [0.1, 0.15) is 38.4 Å². The Bertz CT molecular complexity index is 442. The second-order valence-electron chi connectivity index (χ2n) is 5.66. The van der Waals surface area contributed by atoms with Gasteiger partial charge in [0, 0.05) is 30.7 Å². The summed E-state index contributed by atoms with van der Waals surface area (Å²) in [6.45, 7) is 7.56. The quantitative estimate of drug-likeness (QED) is 0.909. The van der Waals surface area contributed by atoms with Gasteiger partial charge in [-0.1, -0.05) is 13.0 Å². The third-order valence-electron chi connectivity index (χ3n) is 4.39. The number of aliphatic hydroxyl groups excluding tert-OH is 1. The first-order valence-electron chi connectivity index (χ1n) is 7.45. The van der Waals surface area contributed by atoms with Crippen molar-refractivity contribution in [2.45, 2.75) is 38.8 Å². The van der Waals surface area contributed by atoms with Crippen molar-refractivity contribution < 1.29 is 5.11 Å². The van der Waals surface area contributed by atoms with E-state index in [0.717, 1.165) is 16.6 Å². The van der Waals surface area contributed by atoms with Crippen LogP contribution in [-0.2, 0) is 0 Å². The van der Waals surface area contributed by atoms with Gasteiger partial charge in [0.15, 0.2) is 0 Å². The molecule has 2 rings (SSSR count). The van der Waals surface area contributed by atoms with Crippen LogP contribution < -0.4 is 4.90 Å². The predicted molar refractivity (Wildman–Crippen MR) is 88.3 cm³/mol. The minimum Gasteiger partial charge on any atom is -0.389 e. The molecule has 0 aromatic heterocycles. The van der Waals surface area contributed by atoms with Crippen LogP contribution in [0.3, 0.4) is 0 Å². The largest absolute Gasteiger partial charge is 0.389 e. The summed E-state index contributed by atoms with van der Waals surface area (Å²) < 4.78 is 1.07. The molecule has 0 aliphatic carbocycles. The number of hydrogen-bond donors (Lipinski definition) is 1. The average Bonchev–Trinajstić information content (AvgIpc) is 2.46. The highest BCUT2D eigenvalue weighted by atomic mass is 79.9. The second-order valence-corrected chi connectivity index (χ2v) is 6.52. The Morgan fingerprint density at radius 1 is 1.40 bits per heavy atom. The highest BCUT2D eigenvalue weighted by Crippen LogP contribution is 2.31. The molecule has 1 heterocycles. The fourth-order valence-corrected chi connectivity index (χ4v) is 3.56. The Hall–Kier alpha value is -0.580. The predicted octanol–water partition coefficient (Wildman–Crippen LogP) is 3.42. The molecule has 0 spiro atoms. The van der Waals surface area contributed by atoms with E-state index in [1.165, 1.54) is 31.6 Å². The molecule has 0 amide bonds. The SMILES string of the molecule is CCN1CCC(N(C)c2ccc([C@H](C)O)cc2Br)CC1. The maximum absolute atomic E-state index is 9.64. The van der Waals surface area contributed by atoms with Crippen LogP contribution >= 0.6 is 15.9 Å². The molecular formula is C16H25BrN2O. The van der Waals surface area contributed by atoms with Gasteiger partial charge in [-0.05, 0) is 59.9 Å². The summed E-state index contributed by atoms with van der Waals surface area (Å²) in [6, 6.07) is 6.75. The number of likely N-dealkylation sites (tertiary alicyclic amines) is 1. The van der Waals surface area contributed by atoms with Crippen LogP contribution in [0.25, 0.3) is 0 Å². The molecule has 0 radical (unpaired) electrons. The maximum Gasteiger partial charge on any atom is 0.0762 e. The average molecular weight is 341 g/mol. The van der Waals surface area contributed by atoms with Gasteiger partial charge >= 0.3 is 0 Å². The van der Waals surface area contributed by atoms with Gasteiger partial charge in [0.05, 0.1) is 11.8 Å². The Kier molecular flexibility index (Phi) is 5.47. The van der Waals surface area contributed by atoms with Crippen molar-refractivity contribution in [3.05, 3.63) is 28.2 Å². The minimum absolute atomic E-state index is 0.418. The van der Waals surface area contributed by atoms with Gasteiger partial charge < -0.3 is 14.9 Å². The summed E-state index contributed by atoms with van der Waals surface area (Å²) in [6.07, 6.45) is 2.02. The van der Waals surface area contributed by atoms with E-state index in [1.807, 2.05) is 12.1 Å². The van der Waals surface area contributed by atoms with Crippen molar-refractivity contribution in [2.75, 3.05) is 31.6 Å². The van der Waals surface area contributed by atoms with Crippen molar-refractivity contribution in [1.29, 1.82) is 0 Å². The van der Waals surface area contributed by atoms with Crippen LogP contribution in [0.4, 0.5) is 5.69 Å². The lowest BCUT2D eigenvalue weighted by atomic mass is 10.0. The molecule has 0 unspecified atom stereocenters. The number of anilines is 1. The molecule has 0 bridgehead atoms. The van der Waals surface area contributed by atoms with E-state index < -0.39 is 6.10 Å². The first-order valence-corrected chi connectivity index (χ1v) is 8.25. The molecule has 112 valence electrons. The first-order chi connectivity index (χ1) is 9.52. The molecule has 3 nitrogen and oxygen atoms in total. The molecule has 1 aliphatic heterocycles. The van der Waals surface area contributed by atoms with Gasteiger partial charge in [-0.25, -0.2) is 0 Å². The summed E-state index contributed by atoms with van der Waals surface area (Å²) in [7, 11) is 2.18. The molecule has 1 aromatic carbocycles. The molecule has 1 atom stereocenters. The van der Waals surface area contributed by atoms with Crippen LogP contribution in [0.5, 0.6) is 0 Å². The first kappa shape index (κ1) is 15.8. The molecule has 20 heavy (non-hydrogen) atoms. The van der Waals surface area contributed by atoms with Gasteiger partial charge in [0.25, 0.3) is 0 Å². The standard InChI is InChI=1S/C16H25BrN2O/c1-4-19-9-7-14(8-10-19)18(3)16-6-5-13(12(2)20)11-15(16)17/h5-6,11-12,14,20H,4,7-10H2,1-3H3/t12-/m0/s1. The summed E-state index contributed by atoms with van der Waals surface area (Å²) >= 11 is 3.64. The maximum atomic E-state index is 9.64. The molecule has 1 saturated heterocycles. The van der Waals surface area contributed by atoms with E-state index in [4.69, 9.17) is 0 Å². The number of halogens is 1. The Morgan fingerprint density at radius 2 is 2.05 bits per heavy atom. The van der Waals surface area contributed by atoms with Crippen molar-refractivity contribution >= 4 is 21.6 Å². The smallest absolute Gasteiger partial charge is 0.0762 e.